The molecule has 2 aliphatic rings. The van der Waals surface area contributed by atoms with Crippen LogP contribution in [0, 0.1) is 0 Å². The minimum atomic E-state index is -3.21. The molecule has 4 nitrogen and oxygen atoms in total. The van der Waals surface area contributed by atoms with Crippen molar-refractivity contribution in [3.8, 4) is 0 Å². The first kappa shape index (κ1) is 18.9. The molecule has 0 saturated carbocycles. The first-order valence-electron chi connectivity index (χ1n) is 10.1. The van der Waals surface area contributed by atoms with Gasteiger partial charge >= 0.3 is 0 Å². The summed E-state index contributed by atoms with van der Waals surface area (Å²) in [5.74, 6) is 0. The molecule has 5 rings (SSSR count). The molecule has 2 aliphatic heterocycles. The molecule has 5 heteroatoms. The summed E-state index contributed by atoms with van der Waals surface area (Å²) in [7, 11) is -1.15. The second-order valence-electron chi connectivity index (χ2n) is 8.22. The lowest BCUT2D eigenvalue weighted by atomic mass is 9.84. The van der Waals surface area contributed by atoms with Gasteiger partial charge in [0, 0.05) is 29.2 Å². The van der Waals surface area contributed by atoms with Gasteiger partial charge in [-0.15, -0.1) is 0 Å². The summed E-state index contributed by atoms with van der Waals surface area (Å²) in [5.41, 5.74) is 3.96. The number of allylic oxidation sites excluding steroid dienone is 2. The highest BCUT2D eigenvalue weighted by Crippen LogP contribution is 2.64. The molecule has 0 radical (unpaired) electrons. The third-order valence-electron chi connectivity index (χ3n) is 6.08. The van der Waals surface area contributed by atoms with Crippen LogP contribution in [0.5, 0.6) is 0 Å². The number of hydrogen-bond donors (Lipinski definition) is 0. The highest BCUT2D eigenvalue weighted by Gasteiger charge is 2.49. The summed E-state index contributed by atoms with van der Waals surface area (Å²) in [6.07, 6.45) is 1.81. The van der Waals surface area contributed by atoms with Crippen molar-refractivity contribution in [1.82, 2.24) is 0 Å². The standard InChI is InChI=1S/C25H24N3OP/c1-25(2)21-16-10-11-17-22(21)27(3)24(25)23-18-26-28(19-12-6-4-7-13-19)30(23,29)20-14-8-5-9-15-20/h4-18H,1-3H3/b24-23+/t30-/m0/s1. The molecule has 0 bridgehead atoms. The van der Waals surface area contributed by atoms with E-state index >= 15 is 0 Å². The molecule has 0 fully saturated rings. The predicted octanol–water partition coefficient (Wildman–Crippen LogP) is 5.74. The monoisotopic (exact) mass is 413 g/mol. The van der Waals surface area contributed by atoms with Crippen LogP contribution in [0.15, 0.2) is 101 Å². The Morgan fingerprint density at radius 3 is 2.10 bits per heavy atom. The van der Waals surface area contributed by atoms with Crippen molar-refractivity contribution in [2.24, 2.45) is 5.10 Å². The maximum Gasteiger partial charge on any atom is 0.252 e. The summed E-state index contributed by atoms with van der Waals surface area (Å²) < 4.78 is 16.7. The van der Waals surface area contributed by atoms with E-state index in [1.165, 1.54) is 5.56 Å². The Bertz CT molecular complexity index is 1220. The fourth-order valence-electron chi connectivity index (χ4n) is 4.69. The van der Waals surface area contributed by atoms with Crippen LogP contribution in [0.3, 0.4) is 0 Å². The van der Waals surface area contributed by atoms with Crippen LogP contribution in [-0.2, 0) is 9.98 Å². The minimum Gasteiger partial charge on any atom is -0.346 e. The van der Waals surface area contributed by atoms with Crippen molar-refractivity contribution in [1.29, 1.82) is 0 Å². The summed E-state index contributed by atoms with van der Waals surface area (Å²) in [6, 6.07) is 27.9. The molecule has 0 spiro atoms. The van der Waals surface area contributed by atoms with Gasteiger partial charge in [-0.25, -0.2) is 4.78 Å². The maximum atomic E-state index is 15.0. The van der Waals surface area contributed by atoms with Gasteiger partial charge in [0.15, 0.2) is 0 Å². The predicted molar refractivity (Wildman–Crippen MR) is 126 cm³/mol. The van der Waals surface area contributed by atoms with Gasteiger partial charge in [-0.05, 0) is 35.9 Å². The zero-order chi connectivity index (χ0) is 20.9. The van der Waals surface area contributed by atoms with E-state index in [1.807, 2.05) is 60.7 Å². The second-order valence-corrected chi connectivity index (χ2v) is 10.7. The molecule has 1 atom stereocenters. The lowest BCUT2D eigenvalue weighted by Crippen LogP contribution is -2.27. The number of nitrogens with zero attached hydrogens (tertiary/aromatic N) is 3. The van der Waals surface area contributed by atoms with Crippen LogP contribution in [-0.4, -0.2) is 13.3 Å². The molecule has 150 valence electrons. The van der Waals surface area contributed by atoms with Crippen LogP contribution in [0.2, 0.25) is 0 Å². The molecule has 3 aromatic carbocycles. The van der Waals surface area contributed by atoms with E-state index in [-0.39, 0.29) is 5.41 Å². The van der Waals surface area contributed by atoms with E-state index in [0.717, 1.165) is 27.7 Å². The van der Waals surface area contributed by atoms with Crippen molar-refractivity contribution in [3.05, 3.63) is 102 Å². The van der Waals surface area contributed by atoms with Crippen molar-refractivity contribution < 1.29 is 4.57 Å². The van der Waals surface area contributed by atoms with E-state index in [4.69, 9.17) is 0 Å². The molecular formula is C25H24N3OP. The lowest BCUT2D eigenvalue weighted by Gasteiger charge is -2.31. The zero-order valence-electron chi connectivity index (χ0n) is 17.4. The van der Waals surface area contributed by atoms with Crippen LogP contribution in [0.1, 0.15) is 19.4 Å². The first-order valence-corrected chi connectivity index (χ1v) is 11.8. The molecule has 0 unspecified atom stereocenters. The smallest absolute Gasteiger partial charge is 0.252 e. The van der Waals surface area contributed by atoms with Crippen molar-refractivity contribution in [2.45, 2.75) is 19.3 Å². The average Bonchev–Trinajstić information content (AvgIpc) is 3.21. The van der Waals surface area contributed by atoms with Crippen molar-refractivity contribution in [2.75, 3.05) is 16.7 Å². The van der Waals surface area contributed by atoms with Gasteiger partial charge in [0.2, 0.25) is 0 Å². The molecule has 30 heavy (non-hydrogen) atoms. The summed E-state index contributed by atoms with van der Waals surface area (Å²) >= 11 is 0. The highest BCUT2D eigenvalue weighted by molar-refractivity contribution is 7.78. The van der Waals surface area contributed by atoms with E-state index in [0.29, 0.717) is 0 Å². The Morgan fingerprint density at radius 1 is 0.833 bits per heavy atom. The molecule has 2 heterocycles. The number of para-hydroxylation sites is 2. The summed E-state index contributed by atoms with van der Waals surface area (Å²) in [5, 5.41) is 6.26. The third kappa shape index (κ3) is 2.54. The highest BCUT2D eigenvalue weighted by atomic mass is 31.2. The van der Waals surface area contributed by atoms with Gasteiger partial charge in [-0.3, -0.25) is 4.57 Å². The van der Waals surface area contributed by atoms with Gasteiger partial charge < -0.3 is 4.90 Å². The van der Waals surface area contributed by atoms with Crippen LogP contribution >= 0.6 is 7.29 Å². The van der Waals surface area contributed by atoms with Crippen LogP contribution in [0.25, 0.3) is 0 Å². The maximum absolute atomic E-state index is 15.0. The van der Waals surface area contributed by atoms with E-state index < -0.39 is 7.29 Å². The SMILES string of the molecule is CN1/C(=C2\C=NN(c3ccccc3)[P@]2(=O)c2ccccc2)C(C)(C)c2ccccc21. The van der Waals surface area contributed by atoms with E-state index in [9.17, 15) is 4.57 Å². The Morgan fingerprint density at radius 2 is 1.43 bits per heavy atom. The summed E-state index contributed by atoms with van der Waals surface area (Å²) in [4.78, 5) is 2.18. The minimum absolute atomic E-state index is 0.288. The number of hydrogen-bond acceptors (Lipinski definition) is 3. The first-order chi connectivity index (χ1) is 14.5. The molecule has 0 saturated heterocycles. The number of likely N-dealkylation sites (N-methyl/N-ethyl adjacent to an activating group) is 1. The Balaban J connectivity index is 1.79. The van der Waals surface area contributed by atoms with Gasteiger partial charge in [0.25, 0.3) is 7.29 Å². The molecular weight excluding hydrogens is 389 g/mol. The molecule has 0 aromatic heterocycles. The Hall–Kier alpha value is -3.10. The Labute approximate surface area is 177 Å². The van der Waals surface area contributed by atoms with Gasteiger partial charge in [0.1, 0.15) is 0 Å². The largest absolute Gasteiger partial charge is 0.346 e. The normalized spacial score (nSPS) is 24.4. The lowest BCUT2D eigenvalue weighted by molar-refractivity contribution is 0.582. The number of rotatable bonds is 2. The summed E-state index contributed by atoms with van der Waals surface area (Å²) in [6.45, 7) is 4.40. The molecule has 0 aliphatic carbocycles. The van der Waals surface area contributed by atoms with E-state index in [1.54, 1.807) is 11.0 Å². The van der Waals surface area contributed by atoms with E-state index in [2.05, 4.69) is 55.2 Å². The third-order valence-corrected chi connectivity index (χ3v) is 8.93. The second kappa shape index (κ2) is 6.72. The fraction of sp³-hybridized carbons (Fsp3) is 0.160. The van der Waals surface area contributed by atoms with Gasteiger partial charge in [-0.2, -0.15) is 5.10 Å². The zero-order valence-corrected chi connectivity index (χ0v) is 18.3. The number of anilines is 2. The molecule has 3 aromatic rings. The number of benzene rings is 3. The van der Waals surface area contributed by atoms with Crippen molar-refractivity contribution in [3.63, 3.8) is 0 Å². The van der Waals surface area contributed by atoms with Gasteiger partial charge in [-0.1, -0.05) is 68.4 Å². The topological polar surface area (TPSA) is 35.9 Å². The number of hydrazone groups is 1. The van der Waals surface area contributed by atoms with Crippen molar-refractivity contribution >= 4 is 30.2 Å². The van der Waals surface area contributed by atoms with Crippen LogP contribution in [0.4, 0.5) is 11.4 Å². The molecule has 0 N–H and O–H groups in total. The quantitative estimate of drug-likeness (QED) is 0.503. The average molecular weight is 413 g/mol. The number of fused-ring (bicyclic) bond motifs is 1. The Kier molecular flexibility index (Phi) is 4.23. The van der Waals surface area contributed by atoms with Gasteiger partial charge in [0.05, 0.1) is 17.2 Å². The molecule has 0 amide bonds. The van der Waals surface area contributed by atoms with Crippen LogP contribution < -0.4 is 15.0 Å². The fourth-order valence-corrected chi connectivity index (χ4v) is 7.55.